The van der Waals surface area contributed by atoms with Crippen molar-refractivity contribution in [3.8, 4) is 0 Å². The zero-order valence-electron chi connectivity index (χ0n) is 9.94. The summed E-state index contributed by atoms with van der Waals surface area (Å²) < 4.78 is 4.49. The number of halogens is 1. The molecule has 0 radical (unpaired) electrons. The van der Waals surface area contributed by atoms with Gasteiger partial charge < -0.3 is 10.1 Å². The van der Waals surface area contributed by atoms with Crippen molar-refractivity contribution in [2.24, 2.45) is 4.99 Å². The first-order valence-corrected chi connectivity index (χ1v) is 5.96. The van der Waals surface area contributed by atoms with Crippen LogP contribution in [0.4, 0.5) is 4.79 Å². The average molecular weight is 268 g/mol. The summed E-state index contributed by atoms with van der Waals surface area (Å²) in [6.45, 7) is 1.25. The molecule has 0 aromatic heterocycles. The van der Waals surface area contributed by atoms with E-state index in [0.29, 0.717) is 19.0 Å². The van der Waals surface area contributed by atoms with Gasteiger partial charge in [-0.05, 0) is 11.6 Å². The topological polar surface area (TPSA) is 62.7 Å². The van der Waals surface area contributed by atoms with E-state index < -0.39 is 6.09 Å². The molecular weight excluding hydrogens is 254 g/mol. The van der Waals surface area contributed by atoms with Gasteiger partial charge in [-0.2, -0.15) is 0 Å². The predicted molar refractivity (Wildman–Crippen MR) is 70.0 cm³/mol. The number of nitrogens with one attached hydrogen (secondary N) is 2. The third-order valence-electron chi connectivity index (χ3n) is 2.74. The van der Waals surface area contributed by atoms with Gasteiger partial charge >= 0.3 is 6.09 Å². The number of rotatable bonds is 1. The molecular formula is C12H14ClN3O2. The number of carbonyl (C=O) groups is 1. The number of amides is 1. The Morgan fingerprint density at radius 3 is 2.94 bits per heavy atom. The summed E-state index contributed by atoms with van der Waals surface area (Å²) in [5.74, 6) is 0.645. The first kappa shape index (κ1) is 12.7. The Balaban J connectivity index is 2.02. The fraction of sp³-hybridized carbons (Fsp3) is 0.333. The van der Waals surface area contributed by atoms with Crippen LogP contribution in [0.1, 0.15) is 11.5 Å². The van der Waals surface area contributed by atoms with Crippen molar-refractivity contribution in [3.63, 3.8) is 0 Å². The molecule has 0 aliphatic carbocycles. The van der Waals surface area contributed by atoms with E-state index in [1.54, 1.807) is 0 Å². The third-order valence-corrected chi connectivity index (χ3v) is 3.08. The van der Waals surface area contributed by atoms with Gasteiger partial charge in [0.15, 0.2) is 0 Å². The van der Waals surface area contributed by atoms with Gasteiger partial charge in [-0.25, -0.2) is 4.79 Å². The lowest BCUT2D eigenvalue weighted by Gasteiger charge is -2.23. The zero-order chi connectivity index (χ0) is 13.0. The minimum atomic E-state index is -0.530. The fourth-order valence-electron chi connectivity index (χ4n) is 1.79. The van der Waals surface area contributed by atoms with Crippen LogP contribution in [0.15, 0.2) is 29.3 Å². The molecule has 0 fully saturated rings. The number of ether oxygens (including phenoxy) is 1. The van der Waals surface area contributed by atoms with E-state index in [2.05, 4.69) is 20.4 Å². The van der Waals surface area contributed by atoms with E-state index in [1.807, 2.05) is 24.3 Å². The molecule has 1 aromatic rings. The first-order valence-electron chi connectivity index (χ1n) is 5.58. The van der Waals surface area contributed by atoms with Crippen LogP contribution in [0.2, 0.25) is 5.02 Å². The van der Waals surface area contributed by atoms with Gasteiger partial charge in [0.2, 0.25) is 5.96 Å². The summed E-state index contributed by atoms with van der Waals surface area (Å²) in [6, 6.07) is 7.70. The number of alkyl carbamates (subject to hydrolysis) is 1. The lowest BCUT2D eigenvalue weighted by molar-refractivity contribution is 0.176. The summed E-state index contributed by atoms with van der Waals surface area (Å²) in [6.07, 6.45) is -0.530. The molecule has 1 heterocycles. The molecule has 1 unspecified atom stereocenters. The second-order valence-corrected chi connectivity index (χ2v) is 4.31. The highest BCUT2D eigenvalue weighted by atomic mass is 35.5. The Labute approximate surface area is 110 Å². The second-order valence-electron chi connectivity index (χ2n) is 3.91. The minimum Gasteiger partial charge on any atom is -0.453 e. The van der Waals surface area contributed by atoms with Gasteiger partial charge in [-0.3, -0.25) is 10.3 Å². The standard InChI is InChI=1S/C12H14ClN3O2/c1-18-12(17)16-11-14-6-8(7-15-11)9-4-2-3-5-10(9)13/h2-5,8H,6-7H2,1H3,(H2,14,15,16,17). The Morgan fingerprint density at radius 2 is 2.33 bits per heavy atom. The maximum atomic E-state index is 11.0. The monoisotopic (exact) mass is 267 g/mol. The number of aliphatic imine (C=N–C) groups is 1. The molecule has 1 amide bonds. The van der Waals surface area contributed by atoms with Crippen LogP contribution in [-0.4, -0.2) is 32.3 Å². The number of carbonyl (C=O) groups excluding carboxylic acids is 1. The molecule has 6 heteroatoms. The number of nitrogens with zero attached hydrogens (tertiary/aromatic N) is 1. The van der Waals surface area contributed by atoms with E-state index in [4.69, 9.17) is 11.6 Å². The largest absolute Gasteiger partial charge is 0.453 e. The molecule has 0 bridgehead atoms. The summed E-state index contributed by atoms with van der Waals surface area (Å²) in [5.41, 5.74) is 1.06. The number of benzene rings is 1. The molecule has 2 rings (SSSR count). The highest BCUT2D eigenvalue weighted by Gasteiger charge is 2.19. The number of methoxy groups -OCH3 is 1. The maximum Gasteiger partial charge on any atom is 0.413 e. The fourth-order valence-corrected chi connectivity index (χ4v) is 2.08. The summed E-state index contributed by atoms with van der Waals surface area (Å²) in [5, 5.41) is 6.28. The van der Waals surface area contributed by atoms with Crippen LogP contribution in [0, 0.1) is 0 Å². The van der Waals surface area contributed by atoms with Gasteiger partial charge in [0.25, 0.3) is 0 Å². The molecule has 1 aromatic carbocycles. The predicted octanol–water partition coefficient (Wildman–Crippen LogP) is 1.74. The zero-order valence-corrected chi connectivity index (χ0v) is 10.7. The highest BCUT2D eigenvalue weighted by Crippen LogP contribution is 2.25. The van der Waals surface area contributed by atoms with Crippen LogP contribution < -0.4 is 10.6 Å². The molecule has 2 N–H and O–H groups in total. The van der Waals surface area contributed by atoms with Gasteiger partial charge in [0.1, 0.15) is 0 Å². The number of hydrogen-bond acceptors (Lipinski definition) is 4. The lowest BCUT2D eigenvalue weighted by atomic mass is 9.98. The van der Waals surface area contributed by atoms with Crippen molar-refractivity contribution in [1.82, 2.24) is 10.6 Å². The van der Waals surface area contributed by atoms with E-state index in [1.165, 1.54) is 7.11 Å². The van der Waals surface area contributed by atoms with Crippen LogP contribution in [-0.2, 0) is 4.74 Å². The molecule has 1 aliphatic rings. The second kappa shape index (κ2) is 5.73. The molecule has 0 spiro atoms. The van der Waals surface area contributed by atoms with E-state index in [-0.39, 0.29) is 5.92 Å². The molecule has 96 valence electrons. The van der Waals surface area contributed by atoms with Crippen molar-refractivity contribution in [1.29, 1.82) is 0 Å². The van der Waals surface area contributed by atoms with Crippen LogP contribution in [0.5, 0.6) is 0 Å². The van der Waals surface area contributed by atoms with Gasteiger partial charge in [-0.1, -0.05) is 29.8 Å². The lowest BCUT2D eigenvalue weighted by Crippen LogP contribution is -2.45. The van der Waals surface area contributed by atoms with Crippen molar-refractivity contribution in [2.45, 2.75) is 5.92 Å². The summed E-state index contributed by atoms with van der Waals surface area (Å²) in [4.78, 5) is 15.3. The molecule has 5 nitrogen and oxygen atoms in total. The Hall–Kier alpha value is -1.75. The van der Waals surface area contributed by atoms with E-state index >= 15 is 0 Å². The quantitative estimate of drug-likeness (QED) is 0.815. The number of hydrogen-bond donors (Lipinski definition) is 2. The molecule has 0 saturated heterocycles. The Morgan fingerprint density at radius 1 is 1.56 bits per heavy atom. The van der Waals surface area contributed by atoms with Crippen LogP contribution in [0.3, 0.4) is 0 Å². The average Bonchev–Trinajstić information content (AvgIpc) is 2.40. The first-order chi connectivity index (χ1) is 8.70. The summed E-state index contributed by atoms with van der Waals surface area (Å²) >= 11 is 6.13. The molecule has 1 aliphatic heterocycles. The van der Waals surface area contributed by atoms with Crippen molar-refractivity contribution < 1.29 is 9.53 Å². The highest BCUT2D eigenvalue weighted by molar-refractivity contribution is 6.31. The van der Waals surface area contributed by atoms with E-state index in [0.717, 1.165) is 10.6 Å². The van der Waals surface area contributed by atoms with Crippen LogP contribution in [0.25, 0.3) is 0 Å². The van der Waals surface area contributed by atoms with Crippen molar-refractivity contribution in [2.75, 3.05) is 20.2 Å². The summed E-state index contributed by atoms with van der Waals surface area (Å²) in [7, 11) is 1.31. The smallest absolute Gasteiger partial charge is 0.413 e. The van der Waals surface area contributed by atoms with Gasteiger partial charge in [0, 0.05) is 17.5 Å². The maximum absolute atomic E-state index is 11.0. The molecule has 1 atom stereocenters. The minimum absolute atomic E-state index is 0.210. The SMILES string of the molecule is COC(=O)NC1=NCC(c2ccccc2Cl)CN1. The van der Waals surface area contributed by atoms with Crippen molar-refractivity contribution >= 4 is 23.7 Å². The van der Waals surface area contributed by atoms with E-state index in [9.17, 15) is 4.79 Å². The van der Waals surface area contributed by atoms with Gasteiger partial charge in [-0.15, -0.1) is 0 Å². The molecule has 0 saturated carbocycles. The van der Waals surface area contributed by atoms with Gasteiger partial charge in [0.05, 0.1) is 13.7 Å². The van der Waals surface area contributed by atoms with Crippen molar-refractivity contribution in [3.05, 3.63) is 34.9 Å². The molecule has 18 heavy (non-hydrogen) atoms. The number of guanidine groups is 1. The third kappa shape index (κ3) is 2.92. The van der Waals surface area contributed by atoms with Crippen LogP contribution >= 0.6 is 11.6 Å². The Bertz CT molecular complexity index is 476. The Kier molecular flexibility index (Phi) is 4.04. The normalized spacial score (nSPS) is 18.6.